The van der Waals surface area contributed by atoms with Crippen LogP contribution in [0.5, 0.6) is 0 Å². The molecule has 5 N–H and O–H groups in total. The number of rotatable bonds is 15. The molecule has 0 aromatic heterocycles. The van der Waals surface area contributed by atoms with E-state index in [1.54, 1.807) is 0 Å². The van der Waals surface area contributed by atoms with E-state index in [2.05, 4.69) is 39.8 Å². The van der Waals surface area contributed by atoms with Gasteiger partial charge in [0.1, 0.15) is 0 Å². The number of halogens is 3. The van der Waals surface area contributed by atoms with Crippen LogP contribution in [-0.2, 0) is 63.7 Å². The lowest BCUT2D eigenvalue weighted by Gasteiger charge is -2.21. The normalized spacial score (nSPS) is 27.0. The Hall–Kier alpha value is -1.90. The lowest BCUT2D eigenvalue weighted by molar-refractivity contribution is -0.235. The molecule has 16 nitrogen and oxygen atoms in total. The van der Waals surface area contributed by atoms with Crippen LogP contribution in [0.3, 0.4) is 0 Å². The third-order valence-electron chi connectivity index (χ3n) is 8.53. The predicted molar refractivity (Wildman–Crippen MR) is 180 cm³/mol. The first-order chi connectivity index (χ1) is 23.9. The van der Waals surface area contributed by atoms with Gasteiger partial charge in [-0.1, -0.05) is 57.0 Å². The van der Waals surface area contributed by atoms with E-state index in [0.717, 1.165) is 45.1 Å². The fourth-order valence-electron chi connectivity index (χ4n) is 5.81. The summed E-state index contributed by atoms with van der Waals surface area (Å²) in [5, 5.41) is 0. The first-order valence-electron chi connectivity index (χ1n) is 16.9. The lowest BCUT2D eigenvalue weighted by Crippen LogP contribution is -3.00. The Morgan fingerprint density at radius 2 is 1.09 bits per heavy atom. The van der Waals surface area contributed by atoms with E-state index in [-0.39, 0.29) is 55.3 Å². The van der Waals surface area contributed by atoms with Crippen molar-refractivity contribution < 1.29 is 94.5 Å². The molecule has 0 bridgehead atoms. The van der Waals surface area contributed by atoms with Crippen molar-refractivity contribution >= 4 is 17.9 Å². The standard InChI is InChI=1S/C13H17NO4.C11H22N2O4.C10H19NO4.3ClH/c1-16-12(15)13(17-2)9-11(14-18-13)8-10-6-4-3-5-7-10;1-15-10(14)11(16-2)8-9(13-17-11)6-4-3-5-7-12;1-7(2)5-8-6-10(14-4,15-11-8)9(12)13-3;;;/h3-7,11,14H,8-9H2,1-2H3;9,13H,3-8,12H2,1-2H3;7-8,11H,5-6H2,1-4H3;3*1H/p-3/t11-,13-;9-,11-;8-,10-;;;/m111.../s1. The second-order valence-corrected chi connectivity index (χ2v) is 12.7. The molecule has 3 saturated heterocycles. The van der Waals surface area contributed by atoms with Crippen LogP contribution in [0.1, 0.15) is 70.8 Å². The molecule has 0 amide bonds. The number of esters is 3. The summed E-state index contributed by atoms with van der Waals surface area (Å²) < 4.78 is 29.4. The molecule has 0 radical (unpaired) electrons. The number of carbonyl (C=O) groups is 3. The van der Waals surface area contributed by atoms with Crippen LogP contribution in [0.25, 0.3) is 0 Å². The number of benzene rings is 1. The minimum absolute atomic E-state index is 0. The monoisotopic (exact) mass is 819 g/mol. The van der Waals surface area contributed by atoms with Gasteiger partial charge in [0.05, 0.1) is 21.3 Å². The first-order valence-corrected chi connectivity index (χ1v) is 16.9. The Balaban J connectivity index is 0. The van der Waals surface area contributed by atoms with E-state index in [0.29, 0.717) is 25.2 Å². The van der Waals surface area contributed by atoms with Crippen molar-refractivity contribution in [3.63, 3.8) is 0 Å². The SMILES string of the molecule is COC(=O)[C@@]1(OC)C[C@@H](CC(C)C)NO1.COC(=O)[C@@]1(OC)C[C@@H](CCCCCN)NO1.COC(=O)[C@@]1(OC)C[C@@H](Cc2ccccc2)NO1.[Cl-].[Cl-].[Cl-]. The summed E-state index contributed by atoms with van der Waals surface area (Å²) in [6.45, 7) is 4.96. The third-order valence-corrected chi connectivity index (χ3v) is 8.53. The molecule has 0 unspecified atom stereocenters. The van der Waals surface area contributed by atoms with Crippen LogP contribution in [0.4, 0.5) is 0 Å². The predicted octanol–water partition coefficient (Wildman–Crippen LogP) is -6.79. The summed E-state index contributed by atoms with van der Waals surface area (Å²) >= 11 is 0. The molecule has 3 fully saturated rings. The highest BCUT2D eigenvalue weighted by Crippen LogP contribution is 2.30. The molecule has 3 aliphatic rings. The minimum Gasteiger partial charge on any atom is -1.00 e. The van der Waals surface area contributed by atoms with E-state index in [1.807, 2.05) is 30.3 Å². The molecule has 3 heterocycles. The van der Waals surface area contributed by atoms with Gasteiger partial charge in [0.15, 0.2) is 0 Å². The summed E-state index contributed by atoms with van der Waals surface area (Å²) in [6, 6.07) is 10.3. The maximum absolute atomic E-state index is 11.7. The molecule has 1 aromatic rings. The van der Waals surface area contributed by atoms with Crippen LogP contribution >= 0.6 is 0 Å². The largest absolute Gasteiger partial charge is 1.00 e. The van der Waals surface area contributed by atoms with Gasteiger partial charge >= 0.3 is 17.9 Å². The second kappa shape index (κ2) is 26.8. The van der Waals surface area contributed by atoms with Crippen molar-refractivity contribution in [2.75, 3.05) is 49.2 Å². The van der Waals surface area contributed by atoms with Crippen LogP contribution in [0, 0.1) is 5.92 Å². The summed E-state index contributed by atoms with van der Waals surface area (Å²) in [5.41, 5.74) is 15.1. The summed E-state index contributed by atoms with van der Waals surface area (Å²) in [4.78, 5) is 50.4. The number of unbranched alkanes of at least 4 members (excludes halogenated alkanes) is 2. The molecule has 0 aliphatic carbocycles. The van der Waals surface area contributed by atoms with Crippen molar-refractivity contribution in [1.82, 2.24) is 16.4 Å². The van der Waals surface area contributed by atoms with Gasteiger partial charge < -0.3 is 71.4 Å². The fraction of sp³-hybridized carbons (Fsp3) is 0.735. The van der Waals surface area contributed by atoms with Gasteiger partial charge in [-0.25, -0.2) is 14.4 Å². The number of ether oxygens (including phenoxy) is 6. The van der Waals surface area contributed by atoms with Gasteiger partial charge in [0.2, 0.25) is 0 Å². The number of methoxy groups -OCH3 is 6. The second-order valence-electron chi connectivity index (χ2n) is 12.7. The Labute approximate surface area is 331 Å². The molecular formula is C34H58Cl3N4O12-3. The van der Waals surface area contributed by atoms with Crippen molar-refractivity contribution in [3.05, 3.63) is 35.9 Å². The smallest absolute Gasteiger partial charge is 0.368 e. The molecule has 6 atom stereocenters. The van der Waals surface area contributed by atoms with Gasteiger partial charge in [0, 0.05) is 58.7 Å². The zero-order chi connectivity index (χ0) is 37.2. The Morgan fingerprint density at radius 1 is 0.679 bits per heavy atom. The number of nitrogens with two attached hydrogens (primary N) is 1. The van der Waals surface area contributed by atoms with Crippen LogP contribution < -0.4 is 59.4 Å². The van der Waals surface area contributed by atoms with Gasteiger partial charge in [-0.15, -0.1) is 0 Å². The Kier molecular flexibility index (Phi) is 26.9. The molecule has 1 aromatic carbocycles. The van der Waals surface area contributed by atoms with E-state index in [9.17, 15) is 14.4 Å². The summed E-state index contributed by atoms with van der Waals surface area (Å²) in [5.74, 6) is -4.86. The highest BCUT2D eigenvalue weighted by atomic mass is 35.5. The van der Waals surface area contributed by atoms with Crippen molar-refractivity contribution in [1.29, 1.82) is 0 Å². The first kappa shape index (κ1) is 53.2. The van der Waals surface area contributed by atoms with E-state index >= 15 is 0 Å². The van der Waals surface area contributed by atoms with Crippen LogP contribution in [0.15, 0.2) is 30.3 Å². The Morgan fingerprint density at radius 3 is 1.51 bits per heavy atom. The summed E-state index contributed by atoms with van der Waals surface area (Å²) in [6.07, 6.45) is 7.18. The zero-order valence-corrected chi connectivity index (χ0v) is 34.1. The molecule has 19 heteroatoms. The molecule has 4 rings (SSSR count). The zero-order valence-electron chi connectivity index (χ0n) is 31.9. The number of hydroxylamine groups is 3. The molecule has 0 saturated carbocycles. The molecule has 3 aliphatic heterocycles. The maximum atomic E-state index is 11.7. The maximum Gasteiger partial charge on any atom is 0.368 e. The topological polar surface area (TPSA) is 196 Å². The van der Waals surface area contributed by atoms with Crippen molar-refractivity contribution in [2.24, 2.45) is 11.7 Å². The van der Waals surface area contributed by atoms with Crippen molar-refractivity contribution in [2.45, 2.75) is 107 Å². The number of hydrogen-bond donors (Lipinski definition) is 4. The molecule has 53 heavy (non-hydrogen) atoms. The van der Waals surface area contributed by atoms with E-state index in [1.165, 1.54) is 48.2 Å². The number of hydrogen-bond acceptors (Lipinski definition) is 16. The average molecular weight is 821 g/mol. The molecular weight excluding hydrogens is 763 g/mol. The number of nitrogens with one attached hydrogen (secondary N) is 3. The summed E-state index contributed by atoms with van der Waals surface area (Å²) in [7, 11) is 8.27. The fourth-order valence-corrected chi connectivity index (χ4v) is 5.81. The lowest BCUT2D eigenvalue weighted by atomic mass is 9.99. The highest BCUT2D eigenvalue weighted by Gasteiger charge is 2.51. The van der Waals surface area contributed by atoms with Gasteiger partial charge in [0.25, 0.3) is 17.4 Å². The highest BCUT2D eigenvalue weighted by molar-refractivity contribution is 5.79. The van der Waals surface area contributed by atoms with Crippen molar-refractivity contribution in [3.8, 4) is 0 Å². The van der Waals surface area contributed by atoms with Gasteiger partial charge in [-0.2, -0.15) is 16.4 Å². The Bertz CT molecular complexity index is 1180. The van der Waals surface area contributed by atoms with Gasteiger partial charge in [-0.3, -0.25) is 14.5 Å². The molecule has 310 valence electrons. The quantitative estimate of drug-likeness (QED) is 0.0740. The third kappa shape index (κ3) is 15.6. The molecule has 0 spiro atoms. The van der Waals surface area contributed by atoms with E-state index < -0.39 is 35.3 Å². The van der Waals surface area contributed by atoms with E-state index in [4.69, 9.17) is 39.2 Å². The minimum atomic E-state index is -1.33. The number of carbonyl (C=O) groups excluding carboxylic acids is 3. The van der Waals surface area contributed by atoms with Crippen LogP contribution in [0.2, 0.25) is 0 Å². The van der Waals surface area contributed by atoms with Crippen LogP contribution in [-0.4, -0.2) is 103 Å². The van der Waals surface area contributed by atoms with Gasteiger partial charge in [-0.05, 0) is 43.7 Å². The average Bonchev–Trinajstić information content (AvgIpc) is 3.88.